The minimum Gasteiger partial charge on any atom is -0.310 e. The first-order valence-corrected chi connectivity index (χ1v) is 6.19. The van der Waals surface area contributed by atoms with Gasteiger partial charge in [0.2, 0.25) is 0 Å². The van der Waals surface area contributed by atoms with E-state index in [1.807, 2.05) is 6.07 Å². The Kier molecular flexibility index (Phi) is 3.82. The van der Waals surface area contributed by atoms with Crippen molar-refractivity contribution in [2.24, 2.45) is 5.92 Å². The zero-order valence-electron chi connectivity index (χ0n) is 9.47. The second-order valence-electron chi connectivity index (χ2n) is 4.74. The Morgan fingerprint density at radius 3 is 2.81 bits per heavy atom. The molecule has 0 aliphatic heterocycles. The van der Waals surface area contributed by atoms with E-state index in [9.17, 15) is 4.39 Å². The first-order chi connectivity index (χ1) is 7.63. The maximum absolute atomic E-state index is 13.1. The molecule has 1 fully saturated rings. The Bertz CT molecular complexity index is 343. The highest BCUT2D eigenvalue weighted by molar-refractivity contribution is 6.30. The summed E-state index contributed by atoms with van der Waals surface area (Å²) in [5.41, 5.74) is 0.910. The standard InChI is InChI=1S/C13H17ClFN/c1-9(4-10-2-3-10)16-8-11-5-12(14)7-13(15)6-11/h5-7,9-10,16H,2-4,8H2,1H3. The molecule has 1 aromatic rings. The lowest BCUT2D eigenvalue weighted by Crippen LogP contribution is -2.25. The van der Waals surface area contributed by atoms with Gasteiger partial charge in [-0.05, 0) is 43.0 Å². The Hall–Kier alpha value is -0.600. The molecule has 0 spiro atoms. The lowest BCUT2D eigenvalue weighted by atomic mass is 10.1. The SMILES string of the molecule is CC(CC1CC1)NCc1cc(F)cc(Cl)c1. The average Bonchev–Trinajstić information content (AvgIpc) is 2.97. The van der Waals surface area contributed by atoms with Crippen LogP contribution in [0, 0.1) is 11.7 Å². The largest absolute Gasteiger partial charge is 0.310 e. The van der Waals surface area contributed by atoms with Crippen molar-refractivity contribution in [3.05, 3.63) is 34.6 Å². The highest BCUT2D eigenvalue weighted by atomic mass is 35.5. The van der Waals surface area contributed by atoms with E-state index >= 15 is 0 Å². The third-order valence-electron chi connectivity index (χ3n) is 2.96. The Morgan fingerprint density at radius 1 is 1.44 bits per heavy atom. The van der Waals surface area contributed by atoms with Crippen LogP contribution in [0.25, 0.3) is 0 Å². The smallest absolute Gasteiger partial charge is 0.125 e. The topological polar surface area (TPSA) is 12.0 Å². The van der Waals surface area contributed by atoms with E-state index in [2.05, 4.69) is 12.2 Å². The van der Waals surface area contributed by atoms with Gasteiger partial charge in [0.1, 0.15) is 5.82 Å². The summed E-state index contributed by atoms with van der Waals surface area (Å²) in [5.74, 6) is 0.651. The van der Waals surface area contributed by atoms with Gasteiger partial charge in [-0.25, -0.2) is 4.39 Å². The summed E-state index contributed by atoms with van der Waals surface area (Å²) in [6.07, 6.45) is 3.97. The predicted octanol–water partition coefficient (Wildman–Crippen LogP) is 3.76. The normalized spacial score (nSPS) is 17.4. The van der Waals surface area contributed by atoms with Gasteiger partial charge in [0.15, 0.2) is 0 Å². The molecule has 1 N–H and O–H groups in total. The second-order valence-corrected chi connectivity index (χ2v) is 5.18. The van der Waals surface area contributed by atoms with Gasteiger partial charge in [0.05, 0.1) is 0 Å². The second kappa shape index (κ2) is 5.15. The number of hydrogen-bond donors (Lipinski definition) is 1. The van der Waals surface area contributed by atoms with Gasteiger partial charge in [0, 0.05) is 17.6 Å². The fourth-order valence-electron chi connectivity index (χ4n) is 1.94. The van der Waals surface area contributed by atoms with E-state index in [0.717, 1.165) is 11.5 Å². The zero-order valence-corrected chi connectivity index (χ0v) is 10.2. The monoisotopic (exact) mass is 241 g/mol. The highest BCUT2D eigenvalue weighted by Gasteiger charge is 2.23. The van der Waals surface area contributed by atoms with Gasteiger partial charge in [-0.15, -0.1) is 0 Å². The van der Waals surface area contributed by atoms with Crippen molar-refractivity contribution in [3.63, 3.8) is 0 Å². The summed E-state index contributed by atoms with van der Waals surface area (Å²) in [6.45, 7) is 2.87. The summed E-state index contributed by atoms with van der Waals surface area (Å²) >= 11 is 5.79. The molecule has 0 radical (unpaired) electrons. The molecule has 0 aromatic heterocycles. The summed E-state index contributed by atoms with van der Waals surface area (Å²) in [5, 5.41) is 3.86. The molecule has 1 atom stereocenters. The van der Waals surface area contributed by atoms with Crippen molar-refractivity contribution in [2.45, 2.75) is 38.8 Å². The van der Waals surface area contributed by atoms with E-state index in [1.54, 1.807) is 0 Å². The maximum atomic E-state index is 13.1. The number of benzene rings is 1. The van der Waals surface area contributed by atoms with E-state index in [0.29, 0.717) is 17.6 Å². The van der Waals surface area contributed by atoms with Gasteiger partial charge >= 0.3 is 0 Å². The molecule has 0 saturated heterocycles. The fraction of sp³-hybridized carbons (Fsp3) is 0.538. The van der Waals surface area contributed by atoms with Crippen LogP contribution in [0.5, 0.6) is 0 Å². The molecule has 88 valence electrons. The van der Waals surface area contributed by atoms with Gasteiger partial charge in [-0.2, -0.15) is 0 Å². The van der Waals surface area contributed by atoms with Gasteiger partial charge in [0.25, 0.3) is 0 Å². The van der Waals surface area contributed by atoms with E-state index in [4.69, 9.17) is 11.6 Å². The molecule has 1 aliphatic carbocycles. The lowest BCUT2D eigenvalue weighted by Gasteiger charge is -2.13. The number of rotatable bonds is 5. The van der Waals surface area contributed by atoms with Crippen molar-refractivity contribution in [1.29, 1.82) is 0 Å². The summed E-state index contributed by atoms with van der Waals surface area (Å²) in [4.78, 5) is 0. The molecular formula is C13H17ClFN. The minimum atomic E-state index is -0.265. The van der Waals surface area contributed by atoms with Crippen molar-refractivity contribution < 1.29 is 4.39 Å². The number of halogens is 2. The van der Waals surface area contributed by atoms with Crippen LogP contribution in [0.4, 0.5) is 4.39 Å². The molecule has 1 aliphatic rings. The lowest BCUT2D eigenvalue weighted by molar-refractivity contribution is 0.486. The Balaban J connectivity index is 1.83. The van der Waals surface area contributed by atoms with Crippen LogP contribution >= 0.6 is 11.6 Å². The quantitative estimate of drug-likeness (QED) is 0.828. The van der Waals surface area contributed by atoms with Crippen molar-refractivity contribution >= 4 is 11.6 Å². The van der Waals surface area contributed by atoms with Crippen LogP contribution in [0.1, 0.15) is 31.7 Å². The highest BCUT2D eigenvalue weighted by Crippen LogP contribution is 2.33. The first-order valence-electron chi connectivity index (χ1n) is 5.82. The molecular weight excluding hydrogens is 225 g/mol. The average molecular weight is 242 g/mol. The number of hydrogen-bond acceptors (Lipinski definition) is 1. The van der Waals surface area contributed by atoms with Gasteiger partial charge in [-0.3, -0.25) is 0 Å². The van der Waals surface area contributed by atoms with Crippen LogP contribution in [-0.2, 0) is 6.54 Å². The van der Waals surface area contributed by atoms with Crippen molar-refractivity contribution in [2.75, 3.05) is 0 Å². The van der Waals surface area contributed by atoms with Crippen molar-refractivity contribution in [1.82, 2.24) is 5.32 Å². The molecule has 1 saturated carbocycles. The van der Waals surface area contributed by atoms with Crippen LogP contribution < -0.4 is 5.32 Å². The molecule has 2 rings (SSSR count). The van der Waals surface area contributed by atoms with Crippen LogP contribution in [-0.4, -0.2) is 6.04 Å². The summed E-state index contributed by atoms with van der Waals surface area (Å²) < 4.78 is 13.1. The molecule has 1 aromatic carbocycles. The molecule has 0 amide bonds. The Morgan fingerprint density at radius 2 is 2.19 bits per heavy atom. The van der Waals surface area contributed by atoms with Crippen molar-refractivity contribution in [3.8, 4) is 0 Å². The molecule has 16 heavy (non-hydrogen) atoms. The third kappa shape index (κ3) is 3.76. The van der Waals surface area contributed by atoms with E-state index in [-0.39, 0.29) is 5.82 Å². The molecule has 1 nitrogen and oxygen atoms in total. The molecule has 3 heteroatoms. The van der Waals surface area contributed by atoms with Crippen LogP contribution in [0.2, 0.25) is 5.02 Å². The van der Waals surface area contributed by atoms with Crippen LogP contribution in [0.15, 0.2) is 18.2 Å². The van der Waals surface area contributed by atoms with E-state index < -0.39 is 0 Å². The molecule has 1 unspecified atom stereocenters. The van der Waals surface area contributed by atoms with Crippen LogP contribution in [0.3, 0.4) is 0 Å². The summed E-state index contributed by atoms with van der Waals surface area (Å²) in [6, 6.07) is 5.16. The maximum Gasteiger partial charge on any atom is 0.125 e. The molecule has 0 bridgehead atoms. The third-order valence-corrected chi connectivity index (χ3v) is 3.18. The molecule has 0 heterocycles. The number of nitrogens with one attached hydrogen (secondary N) is 1. The minimum absolute atomic E-state index is 0.265. The van der Waals surface area contributed by atoms with Gasteiger partial charge in [-0.1, -0.05) is 24.4 Å². The van der Waals surface area contributed by atoms with Gasteiger partial charge < -0.3 is 5.32 Å². The summed E-state index contributed by atoms with van der Waals surface area (Å²) in [7, 11) is 0. The Labute approximate surface area is 101 Å². The van der Waals surface area contributed by atoms with E-state index in [1.165, 1.54) is 31.4 Å². The zero-order chi connectivity index (χ0) is 11.5. The first kappa shape index (κ1) is 11.9. The fourth-order valence-corrected chi connectivity index (χ4v) is 2.19. The predicted molar refractivity (Wildman–Crippen MR) is 65.1 cm³/mol.